The molecule has 0 aliphatic carbocycles. The number of nitrogens with one attached hydrogen (secondary N) is 1. The molecule has 0 spiro atoms. The predicted molar refractivity (Wildman–Crippen MR) is 77.1 cm³/mol. The largest absolute Gasteiger partial charge is 0.342 e. The van der Waals surface area contributed by atoms with Crippen LogP contribution in [-0.2, 0) is 11.3 Å². The third kappa shape index (κ3) is 2.93. The van der Waals surface area contributed by atoms with Gasteiger partial charge in [-0.2, -0.15) is 0 Å². The molecule has 5 nitrogen and oxygen atoms in total. The molecular formula is C15H18N4O. The molecule has 1 aliphatic heterocycles. The zero-order chi connectivity index (χ0) is 13.8. The first-order valence-corrected chi connectivity index (χ1v) is 7.02. The van der Waals surface area contributed by atoms with Crippen molar-refractivity contribution in [3.63, 3.8) is 0 Å². The van der Waals surface area contributed by atoms with Crippen molar-refractivity contribution >= 4 is 16.9 Å². The average molecular weight is 270 g/mol. The van der Waals surface area contributed by atoms with Crippen LogP contribution in [0.15, 0.2) is 30.5 Å². The summed E-state index contributed by atoms with van der Waals surface area (Å²) in [6.45, 7) is 2.73. The van der Waals surface area contributed by atoms with E-state index < -0.39 is 0 Å². The highest BCUT2D eigenvalue weighted by atomic mass is 16.2. The second-order valence-electron chi connectivity index (χ2n) is 5.04. The summed E-state index contributed by atoms with van der Waals surface area (Å²) in [6, 6.07) is 7.78. The van der Waals surface area contributed by atoms with Gasteiger partial charge in [-0.15, -0.1) is 0 Å². The fourth-order valence-electron chi connectivity index (χ4n) is 2.46. The van der Waals surface area contributed by atoms with Crippen LogP contribution < -0.4 is 5.32 Å². The molecule has 1 aliphatic rings. The normalized spacial score (nSPS) is 14.9. The number of likely N-dealkylation sites (tertiary alicyclic amines) is 1. The number of rotatable bonds is 4. The minimum absolute atomic E-state index is 0.177. The summed E-state index contributed by atoms with van der Waals surface area (Å²) in [4.78, 5) is 22.7. The van der Waals surface area contributed by atoms with Crippen molar-refractivity contribution in [3.8, 4) is 0 Å². The molecule has 0 atom stereocenters. The molecule has 1 amide bonds. The topological polar surface area (TPSA) is 58.1 Å². The zero-order valence-electron chi connectivity index (χ0n) is 11.4. The molecule has 0 radical (unpaired) electrons. The minimum Gasteiger partial charge on any atom is -0.342 e. The molecule has 1 fully saturated rings. The maximum Gasteiger partial charge on any atom is 0.236 e. The number of nitrogens with zero attached hydrogens (tertiary/aromatic N) is 3. The van der Waals surface area contributed by atoms with Crippen LogP contribution in [0.3, 0.4) is 0 Å². The molecular weight excluding hydrogens is 252 g/mol. The van der Waals surface area contributed by atoms with Crippen LogP contribution in [0.1, 0.15) is 18.5 Å². The van der Waals surface area contributed by atoms with Gasteiger partial charge < -0.3 is 10.2 Å². The molecule has 0 unspecified atom stereocenters. The van der Waals surface area contributed by atoms with Crippen molar-refractivity contribution in [2.24, 2.45) is 0 Å². The van der Waals surface area contributed by atoms with Crippen LogP contribution in [0.5, 0.6) is 0 Å². The summed E-state index contributed by atoms with van der Waals surface area (Å²) in [5.74, 6) is 0.177. The van der Waals surface area contributed by atoms with Crippen LogP contribution >= 0.6 is 0 Å². The molecule has 1 aromatic carbocycles. The van der Waals surface area contributed by atoms with E-state index in [1.54, 1.807) is 6.20 Å². The molecule has 0 bridgehead atoms. The lowest BCUT2D eigenvalue weighted by Gasteiger charge is -2.15. The van der Waals surface area contributed by atoms with E-state index in [4.69, 9.17) is 0 Å². The van der Waals surface area contributed by atoms with Crippen molar-refractivity contribution in [3.05, 3.63) is 36.2 Å². The lowest BCUT2D eigenvalue weighted by atomic mass is 10.3. The maximum atomic E-state index is 11.9. The number of aromatic nitrogens is 2. The van der Waals surface area contributed by atoms with Gasteiger partial charge in [-0.25, -0.2) is 4.98 Å². The van der Waals surface area contributed by atoms with Gasteiger partial charge in [-0.1, -0.05) is 12.1 Å². The van der Waals surface area contributed by atoms with E-state index in [-0.39, 0.29) is 5.91 Å². The number of hydrogen-bond donors (Lipinski definition) is 1. The number of carbonyl (C=O) groups is 1. The van der Waals surface area contributed by atoms with Gasteiger partial charge >= 0.3 is 0 Å². The molecule has 2 aromatic rings. The summed E-state index contributed by atoms with van der Waals surface area (Å²) in [5, 5.41) is 3.15. The number of hydrogen-bond acceptors (Lipinski definition) is 4. The summed E-state index contributed by atoms with van der Waals surface area (Å²) < 4.78 is 0. The average Bonchev–Trinajstić information content (AvgIpc) is 3.01. The molecule has 1 saturated heterocycles. The van der Waals surface area contributed by atoms with Crippen molar-refractivity contribution in [2.45, 2.75) is 19.4 Å². The Balaban J connectivity index is 1.55. The highest BCUT2D eigenvalue weighted by molar-refractivity contribution is 5.78. The Morgan fingerprint density at radius 2 is 1.95 bits per heavy atom. The fraction of sp³-hybridized carbons (Fsp3) is 0.400. The highest BCUT2D eigenvalue weighted by Gasteiger charge is 2.16. The van der Waals surface area contributed by atoms with Gasteiger partial charge in [0.25, 0.3) is 0 Å². The van der Waals surface area contributed by atoms with E-state index in [9.17, 15) is 4.79 Å². The molecule has 0 saturated carbocycles. The first kappa shape index (κ1) is 13.0. The van der Waals surface area contributed by atoms with Crippen LogP contribution in [0.4, 0.5) is 0 Å². The van der Waals surface area contributed by atoms with Crippen LogP contribution in [-0.4, -0.2) is 40.4 Å². The van der Waals surface area contributed by atoms with Crippen LogP contribution in [0, 0.1) is 0 Å². The van der Waals surface area contributed by atoms with Gasteiger partial charge in [0.05, 0.1) is 29.5 Å². The van der Waals surface area contributed by atoms with Crippen molar-refractivity contribution in [1.82, 2.24) is 20.2 Å². The smallest absolute Gasteiger partial charge is 0.236 e. The molecule has 3 rings (SSSR count). The number of carbonyl (C=O) groups excluding carboxylic acids is 1. The van der Waals surface area contributed by atoms with E-state index in [0.29, 0.717) is 13.1 Å². The highest BCUT2D eigenvalue weighted by Crippen LogP contribution is 2.09. The Morgan fingerprint density at radius 3 is 2.75 bits per heavy atom. The van der Waals surface area contributed by atoms with Gasteiger partial charge in [0.15, 0.2) is 0 Å². The molecule has 2 heterocycles. The number of benzene rings is 1. The van der Waals surface area contributed by atoms with Crippen molar-refractivity contribution in [1.29, 1.82) is 0 Å². The third-order valence-corrected chi connectivity index (χ3v) is 3.54. The van der Waals surface area contributed by atoms with Crippen molar-refractivity contribution < 1.29 is 4.79 Å². The number of amides is 1. The lowest BCUT2D eigenvalue weighted by molar-refractivity contribution is -0.129. The first-order chi connectivity index (χ1) is 9.83. The van der Waals surface area contributed by atoms with Crippen LogP contribution in [0.2, 0.25) is 0 Å². The minimum atomic E-state index is 0.177. The Labute approximate surface area is 118 Å². The van der Waals surface area contributed by atoms with E-state index in [1.165, 1.54) is 0 Å². The fourth-order valence-corrected chi connectivity index (χ4v) is 2.46. The standard InChI is InChI=1S/C15H18N4O/c20-15(19-7-3-4-8-19)11-16-9-12-10-17-13-5-1-2-6-14(13)18-12/h1-2,5-6,10,16H,3-4,7-9,11H2. The van der Waals surface area contributed by atoms with Crippen LogP contribution in [0.25, 0.3) is 11.0 Å². The molecule has 1 aromatic heterocycles. The van der Waals surface area contributed by atoms with E-state index in [2.05, 4.69) is 15.3 Å². The Kier molecular flexibility index (Phi) is 3.87. The monoisotopic (exact) mass is 270 g/mol. The molecule has 20 heavy (non-hydrogen) atoms. The van der Waals surface area contributed by atoms with E-state index in [0.717, 1.165) is 42.7 Å². The summed E-state index contributed by atoms with van der Waals surface area (Å²) in [7, 11) is 0. The number of para-hydroxylation sites is 2. The van der Waals surface area contributed by atoms with Gasteiger partial charge in [0, 0.05) is 19.6 Å². The number of fused-ring (bicyclic) bond motifs is 1. The van der Waals surface area contributed by atoms with Crippen molar-refractivity contribution in [2.75, 3.05) is 19.6 Å². The van der Waals surface area contributed by atoms with E-state index >= 15 is 0 Å². The van der Waals surface area contributed by atoms with Gasteiger partial charge in [0.2, 0.25) is 5.91 Å². The Morgan fingerprint density at radius 1 is 1.20 bits per heavy atom. The lowest BCUT2D eigenvalue weighted by Crippen LogP contribution is -2.36. The quantitative estimate of drug-likeness (QED) is 0.911. The van der Waals surface area contributed by atoms with Gasteiger partial charge in [0.1, 0.15) is 0 Å². The molecule has 1 N–H and O–H groups in total. The summed E-state index contributed by atoms with van der Waals surface area (Å²) in [6.07, 6.45) is 4.01. The molecule has 104 valence electrons. The SMILES string of the molecule is O=C(CNCc1cnc2ccccc2n1)N1CCCC1. The predicted octanol–water partition coefficient (Wildman–Crippen LogP) is 1.34. The summed E-state index contributed by atoms with van der Waals surface area (Å²) >= 11 is 0. The Hall–Kier alpha value is -2.01. The van der Waals surface area contributed by atoms with E-state index in [1.807, 2.05) is 29.2 Å². The Bertz CT molecular complexity index is 608. The summed E-state index contributed by atoms with van der Waals surface area (Å²) in [5.41, 5.74) is 2.64. The first-order valence-electron chi connectivity index (χ1n) is 7.02. The second kappa shape index (κ2) is 5.96. The zero-order valence-corrected chi connectivity index (χ0v) is 11.4. The second-order valence-corrected chi connectivity index (χ2v) is 5.04. The third-order valence-electron chi connectivity index (χ3n) is 3.54. The molecule has 5 heteroatoms. The van der Waals surface area contributed by atoms with Gasteiger partial charge in [-0.3, -0.25) is 9.78 Å². The van der Waals surface area contributed by atoms with Gasteiger partial charge in [-0.05, 0) is 25.0 Å². The maximum absolute atomic E-state index is 11.9.